The van der Waals surface area contributed by atoms with Gasteiger partial charge in [0, 0.05) is 0 Å². The Kier molecular flexibility index (Phi) is 5.06. The van der Waals surface area contributed by atoms with E-state index in [-0.39, 0.29) is 5.91 Å². The molecule has 0 saturated carbocycles. The van der Waals surface area contributed by atoms with Gasteiger partial charge in [-0.1, -0.05) is 70.4 Å². The number of thiazole rings is 1. The Hall–Kier alpha value is -2.11. The highest BCUT2D eigenvalue weighted by molar-refractivity contribution is 7.22. The molecular weight excluding hydrogens is 423 g/mol. The van der Waals surface area contributed by atoms with E-state index in [1.165, 1.54) is 16.2 Å². The van der Waals surface area contributed by atoms with E-state index >= 15 is 0 Å². The number of halogens is 3. The Morgan fingerprint density at radius 2 is 1.59 bits per heavy atom. The average molecular weight is 434 g/mol. The fourth-order valence-corrected chi connectivity index (χ4v) is 4.14. The van der Waals surface area contributed by atoms with Gasteiger partial charge in [0.25, 0.3) is 5.91 Å². The minimum absolute atomic E-state index is 0.293. The minimum atomic E-state index is -0.293. The van der Waals surface area contributed by atoms with Gasteiger partial charge < -0.3 is 0 Å². The standard InChI is InChI=1S/C20H11Cl3N2OS/c21-14-6-2-1-5-13(14)19(26)25(12-9-10-15(22)16(23)11-12)20-24-17-7-3-4-8-18(17)27-20/h1-11H. The van der Waals surface area contributed by atoms with Crippen LogP contribution in [-0.2, 0) is 0 Å². The van der Waals surface area contributed by atoms with Crippen molar-refractivity contribution < 1.29 is 4.79 Å². The van der Waals surface area contributed by atoms with E-state index in [4.69, 9.17) is 34.8 Å². The molecule has 1 aromatic heterocycles. The predicted octanol–water partition coefficient (Wildman–Crippen LogP) is 7.24. The highest BCUT2D eigenvalue weighted by atomic mass is 35.5. The average Bonchev–Trinajstić information content (AvgIpc) is 3.08. The Morgan fingerprint density at radius 1 is 0.852 bits per heavy atom. The van der Waals surface area contributed by atoms with Gasteiger partial charge >= 0.3 is 0 Å². The van der Waals surface area contributed by atoms with Crippen molar-refractivity contribution in [2.75, 3.05) is 4.90 Å². The molecule has 7 heteroatoms. The second kappa shape index (κ2) is 7.49. The number of carbonyl (C=O) groups is 1. The monoisotopic (exact) mass is 432 g/mol. The van der Waals surface area contributed by atoms with E-state index in [2.05, 4.69) is 4.98 Å². The number of nitrogens with zero attached hydrogens (tertiary/aromatic N) is 2. The molecule has 1 amide bonds. The number of amides is 1. The first-order valence-electron chi connectivity index (χ1n) is 7.94. The van der Waals surface area contributed by atoms with Crippen molar-refractivity contribution >= 4 is 73.1 Å². The molecule has 27 heavy (non-hydrogen) atoms. The molecule has 4 aromatic rings. The van der Waals surface area contributed by atoms with Crippen LogP contribution >= 0.6 is 46.1 Å². The Morgan fingerprint density at radius 3 is 2.33 bits per heavy atom. The molecule has 0 saturated heterocycles. The largest absolute Gasteiger partial charge is 0.268 e. The van der Waals surface area contributed by atoms with Crippen LogP contribution < -0.4 is 4.90 Å². The molecule has 0 aliphatic heterocycles. The summed E-state index contributed by atoms with van der Waals surface area (Å²) >= 11 is 19.9. The smallest absolute Gasteiger partial charge is 0.266 e. The van der Waals surface area contributed by atoms with Crippen LogP contribution in [0.25, 0.3) is 10.2 Å². The fraction of sp³-hybridized carbons (Fsp3) is 0. The number of aromatic nitrogens is 1. The topological polar surface area (TPSA) is 33.2 Å². The highest BCUT2D eigenvalue weighted by Crippen LogP contribution is 2.37. The lowest BCUT2D eigenvalue weighted by Gasteiger charge is -2.21. The molecule has 3 nitrogen and oxygen atoms in total. The zero-order valence-corrected chi connectivity index (χ0v) is 16.8. The van der Waals surface area contributed by atoms with Gasteiger partial charge in [-0.2, -0.15) is 0 Å². The van der Waals surface area contributed by atoms with Gasteiger partial charge in [0.05, 0.1) is 36.5 Å². The fourth-order valence-electron chi connectivity index (χ4n) is 2.65. The lowest BCUT2D eigenvalue weighted by molar-refractivity contribution is 0.0999. The quantitative estimate of drug-likeness (QED) is 0.341. The zero-order chi connectivity index (χ0) is 19.0. The molecule has 134 valence electrons. The number of anilines is 2. The van der Waals surface area contributed by atoms with Gasteiger partial charge in [-0.15, -0.1) is 0 Å². The molecule has 0 unspecified atom stereocenters. The maximum Gasteiger partial charge on any atom is 0.266 e. The van der Waals surface area contributed by atoms with Crippen LogP contribution in [0.3, 0.4) is 0 Å². The number of carbonyl (C=O) groups excluding carboxylic acids is 1. The molecule has 0 fully saturated rings. The van der Waals surface area contributed by atoms with Crippen LogP contribution in [0.1, 0.15) is 10.4 Å². The first kappa shape index (κ1) is 18.3. The van der Waals surface area contributed by atoms with Gasteiger partial charge in [0.2, 0.25) is 0 Å². The zero-order valence-electron chi connectivity index (χ0n) is 13.7. The summed E-state index contributed by atoms with van der Waals surface area (Å²) in [4.78, 5) is 19.5. The van der Waals surface area contributed by atoms with Crippen molar-refractivity contribution in [3.05, 3.63) is 87.4 Å². The van der Waals surface area contributed by atoms with Gasteiger partial charge in [-0.05, 0) is 42.5 Å². The maximum atomic E-state index is 13.4. The van der Waals surface area contributed by atoms with Crippen molar-refractivity contribution in [3.8, 4) is 0 Å². The summed E-state index contributed by atoms with van der Waals surface area (Å²) in [6, 6.07) is 19.6. The molecule has 3 aromatic carbocycles. The highest BCUT2D eigenvalue weighted by Gasteiger charge is 2.25. The summed E-state index contributed by atoms with van der Waals surface area (Å²) in [7, 11) is 0. The molecule has 0 bridgehead atoms. The molecule has 1 heterocycles. The number of fused-ring (bicyclic) bond motifs is 1. The van der Waals surface area contributed by atoms with Gasteiger partial charge in [-0.25, -0.2) is 4.98 Å². The Labute approximate surface area is 174 Å². The minimum Gasteiger partial charge on any atom is -0.268 e. The molecule has 0 spiro atoms. The van der Waals surface area contributed by atoms with Crippen molar-refractivity contribution in [3.63, 3.8) is 0 Å². The summed E-state index contributed by atoms with van der Waals surface area (Å²) in [6.45, 7) is 0. The summed E-state index contributed by atoms with van der Waals surface area (Å²) in [5.41, 5.74) is 1.76. The van der Waals surface area contributed by atoms with Crippen molar-refractivity contribution in [1.82, 2.24) is 4.98 Å². The van der Waals surface area contributed by atoms with Crippen LogP contribution in [-0.4, -0.2) is 10.9 Å². The van der Waals surface area contributed by atoms with E-state index in [9.17, 15) is 4.79 Å². The van der Waals surface area contributed by atoms with E-state index < -0.39 is 0 Å². The summed E-state index contributed by atoms with van der Waals surface area (Å²) in [6.07, 6.45) is 0. The van der Waals surface area contributed by atoms with E-state index in [1.807, 2.05) is 24.3 Å². The van der Waals surface area contributed by atoms with Crippen LogP contribution in [0.4, 0.5) is 10.8 Å². The van der Waals surface area contributed by atoms with Gasteiger partial charge in [-0.3, -0.25) is 9.69 Å². The third-order valence-electron chi connectivity index (χ3n) is 3.94. The molecule has 0 radical (unpaired) electrons. The number of hydrogen-bond acceptors (Lipinski definition) is 3. The third-order valence-corrected chi connectivity index (χ3v) is 6.03. The molecule has 0 aliphatic carbocycles. The summed E-state index contributed by atoms with van der Waals surface area (Å²) in [5.74, 6) is -0.293. The lowest BCUT2D eigenvalue weighted by atomic mass is 10.2. The number of para-hydroxylation sites is 1. The predicted molar refractivity (Wildman–Crippen MR) is 114 cm³/mol. The SMILES string of the molecule is O=C(c1ccccc1Cl)N(c1ccc(Cl)c(Cl)c1)c1nc2ccccc2s1. The van der Waals surface area contributed by atoms with Crippen molar-refractivity contribution in [1.29, 1.82) is 0 Å². The van der Waals surface area contributed by atoms with Crippen LogP contribution in [0.5, 0.6) is 0 Å². The first-order chi connectivity index (χ1) is 13.0. The van der Waals surface area contributed by atoms with E-state index in [0.29, 0.717) is 31.5 Å². The first-order valence-corrected chi connectivity index (χ1v) is 9.89. The summed E-state index contributed by atoms with van der Waals surface area (Å²) < 4.78 is 0.976. The van der Waals surface area contributed by atoms with Crippen molar-refractivity contribution in [2.24, 2.45) is 0 Å². The number of rotatable bonds is 3. The Bertz CT molecular complexity index is 1130. The molecule has 0 aliphatic rings. The van der Waals surface area contributed by atoms with Gasteiger partial charge in [0.1, 0.15) is 0 Å². The number of hydrogen-bond donors (Lipinski definition) is 0. The van der Waals surface area contributed by atoms with Crippen LogP contribution in [0, 0.1) is 0 Å². The third kappa shape index (κ3) is 3.54. The van der Waals surface area contributed by atoms with E-state index in [0.717, 1.165) is 10.2 Å². The van der Waals surface area contributed by atoms with Gasteiger partial charge in [0.15, 0.2) is 5.13 Å². The Balaban J connectivity index is 1.90. The van der Waals surface area contributed by atoms with Crippen LogP contribution in [0.15, 0.2) is 66.7 Å². The number of benzene rings is 3. The molecule has 4 rings (SSSR count). The van der Waals surface area contributed by atoms with Crippen LogP contribution in [0.2, 0.25) is 15.1 Å². The second-order valence-corrected chi connectivity index (χ2v) is 7.91. The lowest BCUT2D eigenvalue weighted by Crippen LogP contribution is -2.26. The second-order valence-electron chi connectivity index (χ2n) is 5.68. The molecule has 0 atom stereocenters. The van der Waals surface area contributed by atoms with Crippen molar-refractivity contribution in [2.45, 2.75) is 0 Å². The molecule has 0 N–H and O–H groups in total. The normalized spacial score (nSPS) is 10.9. The van der Waals surface area contributed by atoms with E-state index in [1.54, 1.807) is 42.5 Å². The molecular formula is C20H11Cl3N2OS. The maximum absolute atomic E-state index is 13.4. The summed E-state index contributed by atoms with van der Waals surface area (Å²) in [5, 5.41) is 1.66.